The van der Waals surface area contributed by atoms with Gasteiger partial charge in [0.25, 0.3) is 10.0 Å². The molecule has 3 N–H and O–H groups in total. The normalized spacial score (nSPS) is 11.8. The first-order valence-corrected chi connectivity index (χ1v) is 9.03. The Morgan fingerprint density at radius 3 is 2.42 bits per heavy atom. The molecular weight excluding hydrogens is 382 g/mol. The molecule has 26 heavy (non-hydrogen) atoms. The van der Waals surface area contributed by atoms with Crippen LogP contribution in [0.3, 0.4) is 0 Å². The number of aryl methyl sites for hydroxylation is 1. The highest BCUT2D eigenvalue weighted by atomic mass is 35.5. The van der Waals surface area contributed by atoms with Crippen LogP contribution in [0.5, 0.6) is 0 Å². The Kier molecular flexibility index (Phi) is 5.69. The van der Waals surface area contributed by atoms with Gasteiger partial charge in [-0.2, -0.15) is 0 Å². The van der Waals surface area contributed by atoms with Crippen molar-refractivity contribution in [2.45, 2.75) is 11.8 Å². The van der Waals surface area contributed by atoms with Gasteiger partial charge in [0.05, 0.1) is 4.90 Å². The number of carboxylic acid groups (broad SMARTS) is 1. The maximum absolute atomic E-state index is 12.4. The number of benzene rings is 2. The summed E-state index contributed by atoms with van der Waals surface area (Å²) in [5.74, 6) is -3.55. The van der Waals surface area contributed by atoms with Gasteiger partial charge in [0.2, 0.25) is 5.76 Å². The molecule has 0 fully saturated rings. The third-order valence-electron chi connectivity index (χ3n) is 3.34. The van der Waals surface area contributed by atoms with E-state index in [-0.39, 0.29) is 16.1 Å². The maximum Gasteiger partial charge on any atom is 0.371 e. The fraction of sp³-hybridized carbons (Fsp3) is 0.0588. The summed E-state index contributed by atoms with van der Waals surface area (Å²) < 4.78 is 27.2. The number of nitrogens with one attached hydrogen (secondary N) is 1. The van der Waals surface area contributed by atoms with Crippen LogP contribution in [0.4, 0.5) is 5.69 Å². The molecule has 0 aliphatic rings. The van der Waals surface area contributed by atoms with Crippen LogP contribution in [0.15, 0.2) is 59.2 Å². The fourth-order valence-corrected chi connectivity index (χ4v) is 3.28. The molecule has 7 nitrogen and oxygen atoms in total. The second kappa shape index (κ2) is 7.59. The number of hydrogen-bond acceptors (Lipinski definition) is 5. The molecule has 136 valence electrons. The van der Waals surface area contributed by atoms with Crippen LogP contribution in [-0.2, 0) is 14.8 Å². The van der Waals surface area contributed by atoms with E-state index in [1.807, 2.05) is 0 Å². The van der Waals surface area contributed by atoms with Crippen LogP contribution >= 0.6 is 11.6 Å². The average Bonchev–Trinajstić information content (AvgIpc) is 2.56. The SMILES string of the molecule is Cc1ccc(S(=O)(=O)Nc2cccc(C(=O)/C=C(/O)C(=O)O)c2)cc1Cl. The Balaban J connectivity index is 2.30. The predicted molar refractivity (Wildman–Crippen MR) is 96.1 cm³/mol. The molecule has 0 aliphatic heterocycles. The van der Waals surface area contributed by atoms with Gasteiger partial charge in [-0.25, -0.2) is 13.2 Å². The van der Waals surface area contributed by atoms with Gasteiger partial charge in [-0.3, -0.25) is 9.52 Å². The highest BCUT2D eigenvalue weighted by Gasteiger charge is 2.16. The first-order chi connectivity index (χ1) is 12.1. The Hall–Kier alpha value is -2.84. The minimum absolute atomic E-state index is 0.0000569. The van der Waals surface area contributed by atoms with Crippen molar-refractivity contribution in [2.24, 2.45) is 0 Å². The van der Waals surface area contributed by atoms with E-state index in [1.54, 1.807) is 13.0 Å². The van der Waals surface area contributed by atoms with Crippen LogP contribution in [0.1, 0.15) is 15.9 Å². The maximum atomic E-state index is 12.4. The van der Waals surface area contributed by atoms with Crippen molar-refractivity contribution >= 4 is 39.1 Å². The summed E-state index contributed by atoms with van der Waals surface area (Å²) in [6.45, 7) is 1.74. The quantitative estimate of drug-likeness (QED) is 0.392. The number of aliphatic carboxylic acids is 1. The molecule has 0 atom stereocenters. The first-order valence-electron chi connectivity index (χ1n) is 7.17. The van der Waals surface area contributed by atoms with E-state index >= 15 is 0 Å². The number of hydrogen-bond donors (Lipinski definition) is 3. The van der Waals surface area contributed by atoms with E-state index < -0.39 is 27.5 Å². The molecular formula is C17H14ClNO6S. The number of aliphatic hydroxyl groups excluding tert-OH is 1. The topological polar surface area (TPSA) is 121 Å². The Labute approximate surface area is 154 Å². The standard InChI is InChI=1S/C17H14ClNO6S/c1-10-5-6-13(8-14(10)18)26(24,25)19-12-4-2-3-11(7-12)15(20)9-16(21)17(22)23/h2-9,19,21H,1H3,(H,22,23)/b16-9+. The number of allylic oxidation sites excluding steroid dienone is 1. The summed E-state index contributed by atoms with van der Waals surface area (Å²) in [6.07, 6.45) is 0.537. The van der Waals surface area contributed by atoms with Gasteiger partial charge in [0, 0.05) is 22.3 Å². The van der Waals surface area contributed by atoms with Crippen LogP contribution in [0, 0.1) is 6.92 Å². The minimum atomic E-state index is -3.94. The number of rotatable bonds is 6. The lowest BCUT2D eigenvalue weighted by molar-refractivity contribution is -0.135. The highest BCUT2D eigenvalue weighted by molar-refractivity contribution is 7.92. The summed E-state index contributed by atoms with van der Waals surface area (Å²) in [4.78, 5) is 22.4. The molecule has 2 rings (SSSR count). The number of halogens is 1. The van der Waals surface area contributed by atoms with Crippen molar-refractivity contribution in [2.75, 3.05) is 4.72 Å². The first kappa shape index (κ1) is 19.5. The van der Waals surface area contributed by atoms with E-state index in [9.17, 15) is 18.0 Å². The molecule has 0 saturated heterocycles. The van der Waals surface area contributed by atoms with Crippen molar-refractivity contribution in [3.05, 3.63) is 70.4 Å². The molecule has 0 aliphatic carbocycles. The number of carboxylic acids is 1. The van der Waals surface area contributed by atoms with Crippen LogP contribution in [0.25, 0.3) is 0 Å². The number of carbonyl (C=O) groups is 2. The van der Waals surface area contributed by atoms with Gasteiger partial charge >= 0.3 is 5.97 Å². The van der Waals surface area contributed by atoms with Crippen molar-refractivity contribution in [3.63, 3.8) is 0 Å². The summed E-state index contributed by atoms with van der Waals surface area (Å²) in [5.41, 5.74) is 0.818. The lowest BCUT2D eigenvalue weighted by atomic mass is 10.1. The third kappa shape index (κ3) is 4.62. The average molecular weight is 396 g/mol. The van der Waals surface area contributed by atoms with E-state index in [0.717, 1.165) is 5.56 Å². The largest absolute Gasteiger partial charge is 0.502 e. The number of anilines is 1. The van der Waals surface area contributed by atoms with Gasteiger partial charge in [-0.05, 0) is 36.8 Å². The zero-order valence-electron chi connectivity index (χ0n) is 13.4. The summed E-state index contributed by atoms with van der Waals surface area (Å²) >= 11 is 5.95. The molecule has 9 heteroatoms. The van der Waals surface area contributed by atoms with Gasteiger partial charge < -0.3 is 10.2 Å². The van der Waals surface area contributed by atoms with Crippen LogP contribution in [-0.4, -0.2) is 30.4 Å². The van der Waals surface area contributed by atoms with E-state index in [0.29, 0.717) is 11.1 Å². The lowest BCUT2D eigenvalue weighted by Gasteiger charge is -2.10. The van der Waals surface area contributed by atoms with E-state index in [1.165, 1.54) is 36.4 Å². The number of sulfonamides is 1. The number of ketones is 1. The smallest absolute Gasteiger partial charge is 0.371 e. The molecule has 0 aromatic heterocycles. The molecule has 0 unspecified atom stereocenters. The fourth-order valence-electron chi connectivity index (χ4n) is 1.96. The van der Waals surface area contributed by atoms with Crippen LogP contribution in [0.2, 0.25) is 5.02 Å². The highest BCUT2D eigenvalue weighted by Crippen LogP contribution is 2.22. The molecule has 0 bridgehead atoms. The third-order valence-corrected chi connectivity index (χ3v) is 5.13. The Morgan fingerprint density at radius 1 is 1.12 bits per heavy atom. The molecule has 0 saturated carbocycles. The second-order valence-electron chi connectivity index (χ2n) is 5.30. The van der Waals surface area contributed by atoms with Crippen molar-refractivity contribution in [1.82, 2.24) is 0 Å². The van der Waals surface area contributed by atoms with Gasteiger partial charge in [0.1, 0.15) is 0 Å². The molecule has 0 radical (unpaired) electrons. The number of carbonyl (C=O) groups excluding carboxylic acids is 1. The molecule has 2 aromatic rings. The molecule has 2 aromatic carbocycles. The summed E-state index contributed by atoms with van der Waals surface area (Å²) in [6, 6.07) is 9.68. The van der Waals surface area contributed by atoms with Crippen molar-refractivity contribution in [1.29, 1.82) is 0 Å². The van der Waals surface area contributed by atoms with Crippen molar-refractivity contribution < 1.29 is 28.2 Å². The molecule has 0 heterocycles. The Morgan fingerprint density at radius 2 is 1.81 bits per heavy atom. The van der Waals surface area contributed by atoms with Gasteiger partial charge in [0.15, 0.2) is 5.78 Å². The zero-order valence-corrected chi connectivity index (χ0v) is 15.0. The second-order valence-corrected chi connectivity index (χ2v) is 7.39. The minimum Gasteiger partial charge on any atom is -0.502 e. The van der Waals surface area contributed by atoms with Crippen molar-refractivity contribution in [3.8, 4) is 0 Å². The van der Waals surface area contributed by atoms with Crippen LogP contribution < -0.4 is 4.72 Å². The molecule has 0 spiro atoms. The monoisotopic (exact) mass is 395 g/mol. The molecule has 0 amide bonds. The van der Waals surface area contributed by atoms with Gasteiger partial charge in [-0.1, -0.05) is 29.8 Å². The lowest BCUT2D eigenvalue weighted by Crippen LogP contribution is -2.13. The summed E-state index contributed by atoms with van der Waals surface area (Å²) in [5, 5.41) is 18.0. The van der Waals surface area contributed by atoms with E-state index in [2.05, 4.69) is 4.72 Å². The van der Waals surface area contributed by atoms with Gasteiger partial charge in [-0.15, -0.1) is 0 Å². The number of aliphatic hydroxyl groups is 1. The summed E-state index contributed by atoms with van der Waals surface area (Å²) in [7, 11) is -3.94. The van der Waals surface area contributed by atoms with E-state index in [4.69, 9.17) is 21.8 Å². The predicted octanol–water partition coefficient (Wildman–Crippen LogP) is 3.16. The zero-order chi connectivity index (χ0) is 19.5. The Bertz CT molecular complexity index is 1010.